The molecule has 0 saturated carbocycles. The number of methoxy groups -OCH3 is 1. The SMILES string of the molecule is CC[C@@H](C)Oc1cc2c(cc1OC)CC(=O)N(c1ccc(N(C)CC3CCN(C(=O)C(C)C)CC3)cc1)C2c1ccc(Cl)cc1. The average Bonchev–Trinajstić information content (AvgIpc) is 3.04. The summed E-state index contributed by atoms with van der Waals surface area (Å²) in [5, 5.41) is 0.646. The van der Waals surface area contributed by atoms with Crippen molar-refractivity contribution in [2.24, 2.45) is 11.8 Å². The number of nitrogens with zero attached hydrogens (tertiary/aromatic N) is 3. The van der Waals surface area contributed by atoms with Gasteiger partial charge in [0, 0.05) is 49.0 Å². The van der Waals surface area contributed by atoms with Crippen LogP contribution in [0.5, 0.6) is 11.5 Å². The lowest BCUT2D eigenvalue weighted by Gasteiger charge is -2.38. The van der Waals surface area contributed by atoms with Crippen molar-refractivity contribution < 1.29 is 19.1 Å². The lowest BCUT2D eigenvalue weighted by atomic mass is 9.86. The van der Waals surface area contributed by atoms with Gasteiger partial charge in [0.25, 0.3) is 0 Å². The molecular weight excluding hydrogens is 586 g/mol. The molecule has 2 atom stereocenters. The van der Waals surface area contributed by atoms with Crippen molar-refractivity contribution in [3.05, 3.63) is 82.4 Å². The quantitative estimate of drug-likeness (QED) is 0.231. The second-order valence-corrected chi connectivity index (χ2v) is 13.2. The Morgan fingerprint density at radius 1 is 1.00 bits per heavy atom. The Labute approximate surface area is 273 Å². The fraction of sp³-hybridized carbons (Fsp3) is 0.459. The third-order valence-electron chi connectivity index (χ3n) is 9.20. The van der Waals surface area contributed by atoms with Gasteiger partial charge in [0.1, 0.15) is 0 Å². The summed E-state index contributed by atoms with van der Waals surface area (Å²) in [5.74, 6) is 2.16. The number of carbonyl (C=O) groups excluding carboxylic acids is 2. The summed E-state index contributed by atoms with van der Waals surface area (Å²) in [4.78, 5) is 32.5. The van der Waals surface area contributed by atoms with Crippen LogP contribution in [0.25, 0.3) is 0 Å². The first-order chi connectivity index (χ1) is 21.6. The van der Waals surface area contributed by atoms with Gasteiger partial charge < -0.3 is 24.2 Å². The van der Waals surface area contributed by atoms with E-state index in [-0.39, 0.29) is 36.3 Å². The fourth-order valence-corrected chi connectivity index (χ4v) is 6.56. The molecule has 0 bridgehead atoms. The number of fused-ring (bicyclic) bond motifs is 1. The second kappa shape index (κ2) is 14.2. The third-order valence-corrected chi connectivity index (χ3v) is 9.45. The molecule has 3 aromatic carbocycles. The van der Waals surface area contributed by atoms with E-state index in [2.05, 4.69) is 31.0 Å². The zero-order valence-electron chi connectivity index (χ0n) is 27.4. The van der Waals surface area contributed by atoms with Gasteiger partial charge in [0.05, 0.1) is 25.7 Å². The van der Waals surface area contributed by atoms with Crippen molar-refractivity contribution in [1.29, 1.82) is 0 Å². The molecule has 8 heteroatoms. The van der Waals surface area contributed by atoms with E-state index in [9.17, 15) is 9.59 Å². The molecule has 0 aromatic heterocycles. The van der Waals surface area contributed by atoms with Crippen LogP contribution in [0.4, 0.5) is 11.4 Å². The van der Waals surface area contributed by atoms with E-state index in [0.29, 0.717) is 22.4 Å². The standard InChI is InChI=1S/C37H46ClN3O4/c1-7-25(4)45-34-22-32-28(20-33(34)44-6)21-35(42)41(36(32)27-8-10-29(38)11-9-27)31-14-12-30(13-15-31)39(5)23-26-16-18-40(19-17-26)37(43)24(2)3/h8-15,20,22,24-26,36H,7,16-19,21,23H2,1-6H3/t25-,36?/m1/s1. The molecule has 1 saturated heterocycles. The summed E-state index contributed by atoms with van der Waals surface area (Å²) in [7, 11) is 3.75. The number of anilines is 2. The van der Waals surface area contributed by atoms with Crippen LogP contribution in [0.3, 0.4) is 0 Å². The van der Waals surface area contributed by atoms with Crippen LogP contribution in [0.1, 0.15) is 69.7 Å². The lowest BCUT2D eigenvalue weighted by molar-refractivity contribution is -0.135. The van der Waals surface area contributed by atoms with Crippen LogP contribution in [-0.2, 0) is 16.0 Å². The van der Waals surface area contributed by atoms with Gasteiger partial charge in [-0.2, -0.15) is 0 Å². The van der Waals surface area contributed by atoms with Crippen molar-refractivity contribution in [3.63, 3.8) is 0 Å². The predicted molar refractivity (Wildman–Crippen MR) is 182 cm³/mol. The van der Waals surface area contributed by atoms with Gasteiger partial charge in [-0.25, -0.2) is 0 Å². The number of ether oxygens (including phenoxy) is 2. The van der Waals surface area contributed by atoms with Crippen molar-refractivity contribution in [2.45, 2.75) is 65.5 Å². The average molecular weight is 632 g/mol. The number of carbonyl (C=O) groups is 2. The Morgan fingerprint density at radius 3 is 2.27 bits per heavy atom. The van der Waals surface area contributed by atoms with Gasteiger partial charge in [-0.3, -0.25) is 9.59 Å². The highest BCUT2D eigenvalue weighted by Crippen LogP contribution is 2.44. The van der Waals surface area contributed by atoms with Gasteiger partial charge in [-0.1, -0.05) is 44.5 Å². The van der Waals surface area contributed by atoms with Crippen molar-refractivity contribution >= 4 is 34.8 Å². The summed E-state index contributed by atoms with van der Waals surface area (Å²) in [5.41, 5.74) is 4.85. The first kappa shape index (κ1) is 32.7. The molecule has 0 N–H and O–H groups in total. The number of halogens is 1. The smallest absolute Gasteiger partial charge is 0.232 e. The highest BCUT2D eigenvalue weighted by molar-refractivity contribution is 6.30. The molecule has 1 unspecified atom stereocenters. The van der Waals surface area contributed by atoms with E-state index in [1.54, 1.807) is 7.11 Å². The normalized spacial score (nSPS) is 17.7. The molecule has 3 aromatic rings. The molecule has 1 fully saturated rings. The van der Waals surface area contributed by atoms with Gasteiger partial charge in [-0.05, 0) is 97.3 Å². The minimum Gasteiger partial charge on any atom is -0.493 e. The van der Waals surface area contributed by atoms with E-state index in [0.717, 1.165) is 67.0 Å². The number of hydrogen-bond acceptors (Lipinski definition) is 5. The topological polar surface area (TPSA) is 62.3 Å². The van der Waals surface area contributed by atoms with Gasteiger partial charge in [-0.15, -0.1) is 0 Å². The van der Waals surface area contributed by atoms with Crippen LogP contribution < -0.4 is 19.3 Å². The number of hydrogen-bond donors (Lipinski definition) is 0. The molecule has 0 radical (unpaired) electrons. The fourth-order valence-electron chi connectivity index (χ4n) is 6.44. The number of piperidine rings is 1. The van der Waals surface area contributed by atoms with E-state index >= 15 is 0 Å². The van der Waals surface area contributed by atoms with Crippen LogP contribution in [0.15, 0.2) is 60.7 Å². The summed E-state index contributed by atoms with van der Waals surface area (Å²) in [6.07, 6.45) is 3.17. The molecule has 2 aliphatic heterocycles. The van der Waals surface area contributed by atoms with Crippen LogP contribution >= 0.6 is 11.6 Å². The Bertz CT molecular complexity index is 1480. The molecule has 2 aliphatic rings. The Morgan fingerprint density at radius 2 is 1.67 bits per heavy atom. The number of benzene rings is 3. The zero-order chi connectivity index (χ0) is 32.2. The minimum absolute atomic E-state index is 0.0175. The van der Waals surface area contributed by atoms with Gasteiger partial charge in [0.15, 0.2) is 11.5 Å². The van der Waals surface area contributed by atoms with Crippen molar-refractivity contribution in [3.8, 4) is 11.5 Å². The van der Waals surface area contributed by atoms with E-state index in [1.165, 1.54) is 0 Å². The maximum Gasteiger partial charge on any atom is 0.232 e. The third kappa shape index (κ3) is 7.25. The van der Waals surface area contributed by atoms with E-state index < -0.39 is 0 Å². The summed E-state index contributed by atoms with van der Waals surface area (Å²) in [6.45, 7) is 10.7. The van der Waals surface area contributed by atoms with Crippen molar-refractivity contribution in [2.75, 3.05) is 43.6 Å². The van der Waals surface area contributed by atoms with Crippen LogP contribution in [0.2, 0.25) is 5.02 Å². The molecule has 2 amide bonds. The van der Waals surface area contributed by atoms with E-state index in [1.807, 2.05) is 79.1 Å². The maximum absolute atomic E-state index is 13.9. The minimum atomic E-state index is -0.356. The Kier molecular flexibility index (Phi) is 10.3. The zero-order valence-corrected chi connectivity index (χ0v) is 28.1. The van der Waals surface area contributed by atoms with Crippen LogP contribution in [0, 0.1) is 11.8 Å². The molecule has 240 valence electrons. The monoisotopic (exact) mass is 631 g/mol. The second-order valence-electron chi connectivity index (χ2n) is 12.8. The number of likely N-dealkylation sites (tertiary alicyclic amines) is 1. The molecule has 45 heavy (non-hydrogen) atoms. The van der Waals surface area contributed by atoms with Crippen molar-refractivity contribution in [1.82, 2.24) is 4.90 Å². The summed E-state index contributed by atoms with van der Waals surface area (Å²) < 4.78 is 12.0. The molecule has 2 heterocycles. The Balaban J connectivity index is 1.41. The predicted octanol–water partition coefficient (Wildman–Crippen LogP) is 7.54. The number of rotatable bonds is 10. The van der Waals surface area contributed by atoms with Gasteiger partial charge in [0.2, 0.25) is 11.8 Å². The molecule has 5 rings (SSSR count). The van der Waals surface area contributed by atoms with Gasteiger partial charge >= 0.3 is 0 Å². The largest absolute Gasteiger partial charge is 0.493 e. The molecule has 7 nitrogen and oxygen atoms in total. The molecule has 0 spiro atoms. The first-order valence-electron chi connectivity index (χ1n) is 16.1. The summed E-state index contributed by atoms with van der Waals surface area (Å²) in [6, 6.07) is 19.6. The lowest BCUT2D eigenvalue weighted by Crippen LogP contribution is -2.42. The first-order valence-corrected chi connectivity index (χ1v) is 16.5. The number of amides is 2. The van der Waals surface area contributed by atoms with E-state index in [4.69, 9.17) is 21.1 Å². The highest BCUT2D eigenvalue weighted by Gasteiger charge is 2.36. The van der Waals surface area contributed by atoms with Crippen LogP contribution in [-0.4, -0.2) is 56.6 Å². The maximum atomic E-state index is 13.9. The highest BCUT2D eigenvalue weighted by atomic mass is 35.5. The summed E-state index contributed by atoms with van der Waals surface area (Å²) >= 11 is 6.28. The molecular formula is C37H46ClN3O4. The molecule has 0 aliphatic carbocycles. The Hall–Kier alpha value is -3.71.